The van der Waals surface area contributed by atoms with Gasteiger partial charge in [-0.15, -0.1) is 0 Å². The lowest BCUT2D eigenvalue weighted by Crippen LogP contribution is -2.25. The number of amides is 1. The zero-order valence-corrected chi connectivity index (χ0v) is 15.8. The van der Waals surface area contributed by atoms with Crippen molar-refractivity contribution >= 4 is 27.3 Å². The van der Waals surface area contributed by atoms with Gasteiger partial charge in [0.05, 0.1) is 11.3 Å². The summed E-state index contributed by atoms with van der Waals surface area (Å²) < 4.78 is 60.2. The van der Waals surface area contributed by atoms with Gasteiger partial charge >= 0.3 is 0 Å². The number of nitrogens with one attached hydrogen (secondary N) is 1. The summed E-state index contributed by atoms with van der Waals surface area (Å²) in [4.78, 5) is 13.4. The molecule has 3 aromatic carbocycles. The largest absolute Gasteiger partial charge is 0.454 e. The van der Waals surface area contributed by atoms with Crippen LogP contribution < -0.4 is 14.4 Å². The number of carbonyl (C=O) groups is 1. The van der Waals surface area contributed by atoms with Crippen molar-refractivity contribution in [3.05, 3.63) is 77.9 Å². The highest BCUT2D eigenvalue weighted by Crippen LogP contribution is 2.39. The molecule has 0 radical (unpaired) electrons. The molecule has 0 aromatic heterocycles. The quantitative estimate of drug-likeness (QED) is 0.696. The zero-order chi connectivity index (χ0) is 20.8. The summed E-state index contributed by atoms with van der Waals surface area (Å²) in [6, 6.07) is 13.2. The van der Waals surface area contributed by atoms with Gasteiger partial charge in [-0.25, -0.2) is 17.2 Å². The maximum atomic E-state index is 13.9. The van der Waals surface area contributed by atoms with Crippen LogP contribution in [0.3, 0.4) is 0 Å². The second-order valence-electron chi connectivity index (χ2n) is 6.33. The van der Waals surface area contributed by atoms with Crippen LogP contribution in [-0.2, 0) is 10.0 Å². The molecule has 3 aromatic rings. The van der Waals surface area contributed by atoms with Gasteiger partial charge in [0.2, 0.25) is 0 Å². The molecule has 0 aliphatic carbocycles. The first-order chi connectivity index (χ1) is 13.8. The van der Waals surface area contributed by atoms with Crippen molar-refractivity contribution in [1.29, 1.82) is 0 Å². The van der Waals surface area contributed by atoms with Crippen LogP contribution in [0, 0.1) is 11.6 Å². The summed E-state index contributed by atoms with van der Waals surface area (Å²) in [5, 5.41) is 0. The number of hydrogen-bond acceptors (Lipinski definition) is 4. The van der Waals surface area contributed by atoms with E-state index in [-0.39, 0.29) is 17.0 Å². The first kappa shape index (κ1) is 18.9. The molecule has 0 fully saturated rings. The monoisotopic (exact) mass is 416 g/mol. The Balaban J connectivity index is 1.72. The molecule has 9 heteroatoms. The fraction of sp³-hybridized carbons (Fsp3) is 0.0500. The molecule has 0 unspecified atom stereocenters. The fourth-order valence-corrected chi connectivity index (χ4v) is 4.11. The maximum absolute atomic E-state index is 13.9. The summed E-state index contributed by atoms with van der Waals surface area (Å²) >= 11 is 0. The van der Waals surface area contributed by atoms with Crippen molar-refractivity contribution in [3.63, 3.8) is 0 Å². The maximum Gasteiger partial charge on any atom is 0.264 e. The number of carbonyl (C=O) groups excluding carboxylic acids is 1. The standard InChI is InChI=1S/C20H14F2N2O4S/c1-24-16-4-2-3-5-18(16)28-17-9-7-13(11-14(17)20(24)25)23-29(26,27)19-10-12(21)6-8-15(19)22/h2-11,23H,1H3. The van der Waals surface area contributed by atoms with E-state index < -0.39 is 32.5 Å². The predicted octanol–water partition coefficient (Wildman–Crippen LogP) is 4.15. The molecule has 148 valence electrons. The van der Waals surface area contributed by atoms with Crippen LogP contribution in [0.15, 0.2) is 65.6 Å². The normalized spacial score (nSPS) is 13.2. The van der Waals surface area contributed by atoms with Crippen molar-refractivity contribution in [2.45, 2.75) is 4.90 Å². The van der Waals surface area contributed by atoms with E-state index in [1.165, 1.54) is 23.1 Å². The first-order valence-electron chi connectivity index (χ1n) is 8.43. The molecule has 0 spiro atoms. The average molecular weight is 416 g/mol. The van der Waals surface area contributed by atoms with Gasteiger partial charge in [-0.2, -0.15) is 0 Å². The van der Waals surface area contributed by atoms with E-state index in [9.17, 15) is 22.0 Å². The van der Waals surface area contributed by atoms with Crippen LogP contribution in [-0.4, -0.2) is 21.4 Å². The van der Waals surface area contributed by atoms with E-state index >= 15 is 0 Å². The summed E-state index contributed by atoms with van der Waals surface area (Å²) in [7, 11) is -2.85. The number of para-hydroxylation sites is 2. The highest BCUT2D eigenvalue weighted by Gasteiger charge is 2.27. The molecule has 0 saturated heterocycles. The minimum atomic E-state index is -4.42. The van der Waals surface area contributed by atoms with Crippen molar-refractivity contribution in [2.24, 2.45) is 0 Å². The number of sulfonamides is 1. The Kier molecular flexibility index (Phi) is 4.46. The van der Waals surface area contributed by atoms with Crippen LogP contribution in [0.5, 0.6) is 11.5 Å². The lowest BCUT2D eigenvalue weighted by atomic mass is 10.1. The first-order valence-corrected chi connectivity index (χ1v) is 9.91. The predicted molar refractivity (Wildman–Crippen MR) is 103 cm³/mol. The second-order valence-corrected chi connectivity index (χ2v) is 7.98. The van der Waals surface area contributed by atoms with E-state index in [1.54, 1.807) is 31.3 Å². The zero-order valence-electron chi connectivity index (χ0n) is 15.0. The number of anilines is 2. The molecule has 1 amide bonds. The van der Waals surface area contributed by atoms with Crippen LogP contribution in [0.4, 0.5) is 20.2 Å². The molecule has 0 bridgehead atoms. The van der Waals surface area contributed by atoms with Crippen LogP contribution in [0.2, 0.25) is 0 Å². The minimum Gasteiger partial charge on any atom is -0.454 e. The smallest absolute Gasteiger partial charge is 0.264 e. The number of hydrogen-bond donors (Lipinski definition) is 1. The Morgan fingerprint density at radius 3 is 2.52 bits per heavy atom. The molecule has 6 nitrogen and oxygen atoms in total. The molecule has 29 heavy (non-hydrogen) atoms. The molecule has 1 heterocycles. The fourth-order valence-electron chi connectivity index (χ4n) is 2.97. The third-order valence-corrected chi connectivity index (χ3v) is 5.79. The van der Waals surface area contributed by atoms with E-state index in [1.807, 2.05) is 0 Å². The average Bonchev–Trinajstić information content (AvgIpc) is 2.79. The molecular formula is C20H14F2N2O4S. The molecule has 0 atom stereocenters. The van der Waals surface area contributed by atoms with Crippen molar-refractivity contribution in [1.82, 2.24) is 0 Å². The summed E-state index contributed by atoms with van der Waals surface area (Å²) in [5.74, 6) is -1.69. The van der Waals surface area contributed by atoms with Crippen molar-refractivity contribution in [3.8, 4) is 11.5 Å². The van der Waals surface area contributed by atoms with E-state index in [0.29, 0.717) is 17.5 Å². The number of benzene rings is 3. The number of nitrogens with zero attached hydrogens (tertiary/aromatic N) is 1. The van der Waals surface area contributed by atoms with Gasteiger partial charge in [-0.05, 0) is 48.5 Å². The molecule has 1 N–H and O–H groups in total. The Bertz CT molecular complexity index is 1240. The SMILES string of the molecule is CN1C(=O)c2cc(NS(=O)(=O)c3cc(F)ccc3F)ccc2Oc2ccccc21. The Morgan fingerprint density at radius 2 is 1.72 bits per heavy atom. The van der Waals surface area contributed by atoms with Gasteiger partial charge in [0.15, 0.2) is 5.75 Å². The molecule has 1 aliphatic rings. The Hall–Kier alpha value is -3.46. The molecule has 1 aliphatic heterocycles. The minimum absolute atomic E-state index is 0.00344. The lowest BCUT2D eigenvalue weighted by molar-refractivity contribution is 0.0993. The van der Waals surface area contributed by atoms with E-state index in [0.717, 1.165) is 12.1 Å². The van der Waals surface area contributed by atoms with Crippen LogP contribution in [0.1, 0.15) is 10.4 Å². The van der Waals surface area contributed by atoms with Gasteiger partial charge in [-0.3, -0.25) is 9.52 Å². The number of rotatable bonds is 3. The third kappa shape index (κ3) is 3.40. The van der Waals surface area contributed by atoms with Crippen molar-refractivity contribution < 1.29 is 26.7 Å². The van der Waals surface area contributed by atoms with Gasteiger partial charge in [0.25, 0.3) is 15.9 Å². The van der Waals surface area contributed by atoms with E-state index in [2.05, 4.69) is 4.72 Å². The second kappa shape index (κ2) is 6.85. The molecular weight excluding hydrogens is 402 g/mol. The Labute approximate surface area is 165 Å². The number of fused-ring (bicyclic) bond motifs is 2. The van der Waals surface area contributed by atoms with Gasteiger partial charge in [0, 0.05) is 12.7 Å². The summed E-state index contributed by atoms with van der Waals surface area (Å²) in [5.41, 5.74) is 0.671. The van der Waals surface area contributed by atoms with Gasteiger partial charge in [-0.1, -0.05) is 12.1 Å². The highest BCUT2D eigenvalue weighted by molar-refractivity contribution is 7.92. The Morgan fingerprint density at radius 1 is 0.966 bits per heavy atom. The van der Waals surface area contributed by atoms with Crippen LogP contribution >= 0.6 is 0 Å². The van der Waals surface area contributed by atoms with Crippen molar-refractivity contribution in [2.75, 3.05) is 16.7 Å². The van der Waals surface area contributed by atoms with E-state index in [4.69, 9.17) is 4.74 Å². The lowest BCUT2D eigenvalue weighted by Gasteiger charge is -2.16. The van der Waals surface area contributed by atoms with Gasteiger partial charge < -0.3 is 9.64 Å². The topological polar surface area (TPSA) is 75.7 Å². The summed E-state index contributed by atoms with van der Waals surface area (Å²) in [6.07, 6.45) is 0. The highest BCUT2D eigenvalue weighted by atomic mass is 32.2. The number of ether oxygens (including phenoxy) is 1. The van der Waals surface area contributed by atoms with Gasteiger partial charge in [0.1, 0.15) is 22.3 Å². The molecule has 0 saturated carbocycles. The van der Waals surface area contributed by atoms with Crippen LogP contribution in [0.25, 0.3) is 0 Å². The molecule has 4 rings (SSSR count). The third-order valence-electron chi connectivity index (χ3n) is 4.40. The number of halogens is 2. The summed E-state index contributed by atoms with van der Waals surface area (Å²) in [6.45, 7) is 0.